The van der Waals surface area contributed by atoms with Crippen LogP contribution in [0.1, 0.15) is 40.5 Å². The standard InChI is InChI=1S/C13H22O3/c1-9(14)5-6-11-12(2,3)7-10(15)8-13(11,4)16/h5,9-10,14-16H,7-8H2,1-4H3/t6?,9?,10-,13+/m1/s1. The zero-order chi connectivity index (χ0) is 12.6. The molecule has 3 nitrogen and oxygen atoms in total. The fourth-order valence-electron chi connectivity index (χ4n) is 2.61. The van der Waals surface area contributed by atoms with Crippen LogP contribution in [0.4, 0.5) is 0 Å². The summed E-state index contributed by atoms with van der Waals surface area (Å²) in [6, 6.07) is 0. The summed E-state index contributed by atoms with van der Waals surface area (Å²) < 4.78 is 0. The second-order valence-electron chi connectivity index (χ2n) is 5.65. The van der Waals surface area contributed by atoms with Crippen LogP contribution in [0.2, 0.25) is 0 Å². The third-order valence-corrected chi connectivity index (χ3v) is 3.06. The van der Waals surface area contributed by atoms with Gasteiger partial charge in [0, 0.05) is 12.0 Å². The second-order valence-corrected chi connectivity index (χ2v) is 5.65. The third-order valence-electron chi connectivity index (χ3n) is 3.06. The van der Waals surface area contributed by atoms with Crippen molar-refractivity contribution in [2.75, 3.05) is 0 Å². The predicted octanol–water partition coefficient (Wildman–Crippen LogP) is 1.38. The Balaban J connectivity index is 3.17. The van der Waals surface area contributed by atoms with Crippen molar-refractivity contribution in [3.05, 3.63) is 17.4 Å². The summed E-state index contributed by atoms with van der Waals surface area (Å²) in [4.78, 5) is 0. The monoisotopic (exact) mass is 226 g/mol. The van der Waals surface area contributed by atoms with Gasteiger partial charge in [0.05, 0.1) is 17.8 Å². The van der Waals surface area contributed by atoms with Gasteiger partial charge in [0.2, 0.25) is 0 Å². The molecule has 1 unspecified atom stereocenters. The quantitative estimate of drug-likeness (QED) is 0.592. The van der Waals surface area contributed by atoms with Gasteiger partial charge in [-0.1, -0.05) is 13.8 Å². The van der Waals surface area contributed by atoms with E-state index in [1.165, 1.54) is 0 Å². The summed E-state index contributed by atoms with van der Waals surface area (Å²) in [5.41, 5.74) is 2.41. The molecule has 0 radical (unpaired) electrons. The van der Waals surface area contributed by atoms with Gasteiger partial charge in [-0.2, -0.15) is 0 Å². The molecule has 0 aromatic carbocycles. The first-order valence-electron chi connectivity index (χ1n) is 5.71. The number of rotatable bonds is 1. The molecule has 3 atom stereocenters. The zero-order valence-electron chi connectivity index (χ0n) is 10.5. The summed E-state index contributed by atoms with van der Waals surface area (Å²) in [7, 11) is 0. The number of hydrogen-bond acceptors (Lipinski definition) is 3. The highest BCUT2D eigenvalue weighted by atomic mass is 16.3. The fourth-order valence-corrected chi connectivity index (χ4v) is 2.61. The van der Waals surface area contributed by atoms with E-state index >= 15 is 0 Å². The Kier molecular flexibility index (Phi) is 3.65. The van der Waals surface area contributed by atoms with Crippen LogP contribution >= 0.6 is 0 Å². The number of aliphatic hydroxyl groups excluding tert-OH is 2. The van der Waals surface area contributed by atoms with E-state index in [-0.39, 0.29) is 5.41 Å². The first kappa shape index (κ1) is 13.5. The lowest BCUT2D eigenvalue weighted by Gasteiger charge is -2.43. The summed E-state index contributed by atoms with van der Waals surface area (Å²) in [5.74, 6) is 0. The van der Waals surface area contributed by atoms with E-state index in [9.17, 15) is 15.3 Å². The van der Waals surface area contributed by atoms with Gasteiger partial charge in [-0.05, 0) is 31.8 Å². The predicted molar refractivity (Wildman–Crippen MR) is 62.9 cm³/mol. The zero-order valence-corrected chi connectivity index (χ0v) is 10.5. The van der Waals surface area contributed by atoms with Crippen LogP contribution in [0, 0.1) is 5.41 Å². The molecule has 16 heavy (non-hydrogen) atoms. The molecule has 0 spiro atoms. The lowest BCUT2D eigenvalue weighted by Crippen LogP contribution is -2.45. The Morgan fingerprint density at radius 1 is 1.38 bits per heavy atom. The van der Waals surface area contributed by atoms with E-state index < -0.39 is 17.8 Å². The van der Waals surface area contributed by atoms with Gasteiger partial charge >= 0.3 is 0 Å². The summed E-state index contributed by atoms with van der Waals surface area (Å²) in [5, 5.41) is 29.2. The van der Waals surface area contributed by atoms with Crippen LogP contribution in [-0.2, 0) is 0 Å². The molecule has 0 heterocycles. The minimum atomic E-state index is -1.05. The molecule has 1 fully saturated rings. The highest BCUT2D eigenvalue weighted by Crippen LogP contribution is 2.45. The smallest absolute Gasteiger partial charge is 0.0931 e. The summed E-state index contributed by atoms with van der Waals surface area (Å²) in [6.45, 7) is 7.28. The Bertz CT molecular complexity index is 300. The fraction of sp³-hybridized carbons (Fsp3) is 0.769. The SMILES string of the molecule is CC(O)C=C=C1C(C)(C)C[C@@H](O)C[C@]1(C)O. The maximum Gasteiger partial charge on any atom is 0.0931 e. The molecule has 0 bridgehead atoms. The van der Waals surface area contributed by atoms with Gasteiger partial charge < -0.3 is 15.3 Å². The molecular weight excluding hydrogens is 204 g/mol. The Hall–Kier alpha value is -0.600. The third kappa shape index (κ3) is 2.96. The lowest BCUT2D eigenvalue weighted by molar-refractivity contribution is -0.0268. The second kappa shape index (κ2) is 4.34. The van der Waals surface area contributed by atoms with E-state index in [1.54, 1.807) is 19.9 Å². The van der Waals surface area contributed by atoms with Gasteiger partial charge in [0.25, 0.3) is 0 Å². The van der Waals surface area contributed by atoms with Crippen molar-refractivity contribution in [2.24, 2.45) is 5.41 Å². The molecule has 3 N–H and O–H groups in total. The highest BCUT2D eigenvalue weighted by Gasteiger charge is 2.44. The average Bonchev–Trinajstić information content (AvgIpc) is 1.96. The Morgan fingerprint density at radius 2 is 1.94 bits per heavy atom. The van der Waals surface area contributed by atoms with Gasteiger partial charge in [-0.25, -0.2) is 0 Å². The number of hydrogen-bond donors (Lipinski definition) is 3. The first-order chi connectivity index (χ1) is 7.15. The van der Waals surface area contributed by atoms with Crippen molar-refractivity contribution >= 4 is 0 Å². The van der Waals surface area contributed by atoms with Crippen molar-refractivity contribution in [1.82, 2.24) is 0 Å². The van der Waals surface area contributed by atoms with E-state index in [1.807, 2.05) is 13.8 Å². The van der Waals surface area contributed by atoms with Crippen molar-refractivity contribution in [3.8, 4) is 0 Å². The average molecular weight is 226 g/mol. The molecule has 1 rings (SSSR count). The molecule has 0 saturated heterocycles. The summed E-state index contributed by atoms with van der Waals surface area (Å²) in [6.07, 6.45) is 1.42. The Morgan fingerprint density at radius 3 is 2.38 bits per heavy atom. The number of aliphatic hydroxyl groups is 3. The van der Waals surface area contributed by atoms with E-state index in [4.69, 9.17) is 0 Å². The van der Waals surface area contributed by atoms with E-state index in [0.29, 0.717) is 12.8 Å². The molecule has 1 aliphatic carbocycles. The minimum absolute atomic E-state index is 0.299. The molecule has 1 saturated carbocycles. The molecule has 0 aromatic rings. The van der Waals surface area contributed by atoms with Crippen LogP contribution in [0.25, 0.3) is 0 Å². The molecular formula is C13H22O3. The minimum Gasteiger partial charge on any atom is -0.393 e. The van der Waals surface area contributed by atoms with Crippen molar-refractivity contribution in [1.29, 1.82) is 0 Å². The highest BCUT2D eigenvalue weighted by molar-refractivity contribution is 5.26. The van der Waals surface area contributed by atoms with Gasteiger partial charge in [0.1, 0.15) is 0 Å². The van der Waals surface area contributed by atoms with Crippen LogP contribution < -0.4 is 0 Å². The van der Waals surface area contributed by atoms with Crippen LogP contribution in [0.5, 0.6) is 0 Å². The maximum atomic E-state index is 10.3. The lowest BCUT2D eigenvalue weighted by atomic mass is 9.65. The van der Waals surface area contributed by atoms with Crippen LogP contribution in [0.15, 0.2) is 17.4 Å². The summed E-state index contributed by atoms with van der Waals surface area (Å²) >= 11 is 0. The normalized spacial score (nSPS) is 35.4. The molecule has 0 aliphatic heterocycles. The van der Waals surface area contributed by atoms with Gasteiger partial charge in [0.15, 0.2) is 0 Å². The molecule has 0 aromatic heterocycles. The van der Waals surface area contributed by atoms with Gasteiger partial charge in [-0.15, -0.1) is 5.73 Å². The molecule has 3 heteroatoms. The topological polar surface area (TPSA) is 60.7 Å². The molecule has 0 amide bonds. The van der Waals surface area contributed by atoms with Crippen molar-refractivity contribution in [3.63, 3.8) is 0 Å². The first-order valence-corrected chi connectivity index (χ1v) is 5.71. The van der Waals surface area contributed by atoms with Gasteiger partial charge in [-0.3, -0.25) is 0 Å². The Labute approximate surface area is 97.1 Å². The van der Waals surface area contributed by atoms with E-state index in [0.717, 1.165) is 5.57 Å². The van der Waals surface area contributed by atoms with Crippen molar-refractivity contribution in [2.45, 2.75) is 58.3 Å². The largest absolute Gasteiger partial charge is 0.393 e. The molecule has 92 valence electrons. The van der Waals surface area contributed by atoms with Crippen molar-refractivity contribution < 1.29 is 15.3 Å². The van der Waals surface area contributed by atoms with E-state index in [2.05, 4.69) is 5.73 Å². The van der Waals surface area contributed by atoms with Crippen LogP contribution in [0.3, 0.4) is 0 Å². The molecule has 1 aliphatic rings. The maximum absolute atomic E-state index is 10.3. The van der Waals surface area contributed by atoms with Crippen LogP contribution in [-0.4, -0.2) is 33.1 Å².